The smallest absolute Gasteiger partial charge is 0.337 e. The van der Waals surface area contributed by atoms with Gasteiger partial charge in [-0.2, -0.15) is 0 Å². The first-order chi connectivity index (χ1) is 9.00. The minimum atomic E-state index is -1.24. The summed E-state index contributed by atoms with van der Waals surface area (Å²) in [4.78, 5) is 34.0. The number of carbonyl (C=O) groups is 2. The lowest BCUT2D eigenvalue weighted by Crippen LogP contribution is -2.20. The number of benzene rings is 1. The Balaban J connectivity index is 2.71. The predicted octanol–water partition coefficient (Wildman–Crippen LogP) is 0.635. The molecule has 0 atom stereocenters. The second-order valence-corrected chi connectivity index (χ2v) is 3.81. The number of hydrogen-bond donors (Lipinski definition) is 2. The Kier molecular flexibility index (Phi) is 3.15. The highest BCUT2D eigenvalue weighted by molar-refractivity contribution is 5.98. The molecule has 2 rings (SSSR count). The zero-order valence-corrected chi connectivity index (χ0v) is 9.74. The van der Waals surface area contributed by atoms with Gasteiger partial charge < -0.3 is 10.8 Å². The topological polar surface area (TPSA) is 102 Å². The van der Waals surface area contributed by atoms with Crippen LogP contribution in [0.1, 0.15) is 20.7 Å². The largest absolute Gasteiger partial charge is 0.478 e. The second kappa shape index (κ2) is 4.77. The molecule has 0 aliphatic rings. The highest BCUT2D eigenvalue weighted by atomic mass is 16.4. The van der Waals surface area contributed by atoms with Crippen LogP contribution in [0.3, 0.4) is 0 Å². The van der Waals surface area contributed by atoms with Gasteiger partial charge in [-0.3, -0.25) is 14.2 Å². The summed E-state index contributed by atoms with van der Waals surface area (Å²) < 4.78 is 1.19. The van der Waals surface area contributed by atoms with Crippen molar-refractivity contribution in [2.24, 2.45) is 5.73 Å². The average molecular weight is 258 g/mol. The fourth-order valence-electron chi connectivity index (χ4n) is 1.70. The fourth-order valence-corrected chi connectivity index (χ4v) is 1.70. The van der Waals surface area contributed by atoms with Crippen LogP contribution in [-0.2, 0) is 0 Å². The Bertz CT molecular complexity index is 719. The maximum Gasteiger partial charge on any atom is 0.337 e. The van der Waals surface area contributed by atoms with E-state index in [4.69, 9.17) is 10.8 Å². The number of primary amides is 1. The third-order valence-electron chi connectivity index (χ3n) is 2.59. The van der Waals surface area contributed by atoms with Gasteiger partial charge in [-0.1, -0.05) is 6.07 Å². The summed E-state index contributed by atoms with van der Waals surface area (Å²) in [5.41, 5.74) is 4.83. The fraction of sp³-hybridized carbons (Fsp3) is 0. The van der Waals surface area contributed by atoms with E-state index in [1.165, 1.54) is 29.0 Å². The number of nitrogens with zero attached hydrogens (tertiary/aromatic N) is 1. The summed E-state index contributed by atoms with van der Waals surface area (Å²) >= 11 is 0. The highest BCUT2D eigenvalue weighted by Gasteiger charge is 2.14. The van der Waals surface area contributed by atoms with Gasteiger partial charge in [-0.05, 0) is 24.3 Å². The number of nitrogens with two attached hydrogens (primary N) is 1. The number of aromatic carboxylic acids is 1. The molecule has 0 aliphatic carbocycles. The summed E-state index contributed by atoms with van der Waals surface area (Å²) in [5.74, 6) is -1.97. The number of carboxylic acids is 1. The van der Waals surface area contributed by atoms with Crippen LogP contribution in [0.5, 0.6) is 0 Å². The monoisotopic (exact) mass is 258 g/mol. The van der Waals surface area contributed by atoms with E-state index in [2.05, 4.69) is 0 Å². The van der Waals surface area contributed by atoms with Crippen LogP contribution < -0.4 is 11.3 Å². The molecule has 1 aromatic heterocycles. The van der Waals surface area contributed by atoms with Gasteiger partial charge in [-0.25, -0.2) is 4.79 Å². The van der Waals surface area contributed by atoms with Crippen LogP contribution in [0.4, 0.5) is 0 Å². The summed E-state index contributed by atoms with van der Waals surface area (Å²) in [7, 11) is 0. The Morgan fingerprint density at radius 2 is 1.89 bits per heavy atom. The van der Waals surface area contributed by atoms with Gasteiger partial charge in [0.2, 0.25) is 5.91 Å². The number of carbonyl (C=O) groups excluding carboxylic acids is 1. The molecule has 0 bridgehead atoms. The van der Waals surface area contributed by atoms with E-state index in [0.717, 1.165) is 6.07 Å². The molecule has 1 heterocycles. The SMILES string of the molecule is NC(=O)c1ccc(-n2ccccc2=O)c(C(=O)O)c1. The van der Waals surface area contributed by atoms with Crippen molar-refractivity contribution in [3.63, 3.8) is 0 Å². The molecule has 1 amide bonds. The van der Waals surface area contributed by atoms with Crippen LogP contribution in [0.25, 0.3) is 5.69 Å². The Hall–Kier alpha value is -2.89. The van der Waals surface area contributed by atoms with E-state index in [-0.39, 0.29) is 22.4 Å². The summed E-state index contributed by atoms with van der Waals surface area (Å²) in [6.45, 7) is 0. The van der Waals surface area contributed by atoms with Gasteiger partial charge >= 0.3 is 5.97 Å². The molecule has 0 saturated carbocycles. The minimum absolute atomic E-state index is 0.0742. The maximum absolute atomic E-state index is 11.7. The Labute approximate surface area is 107 Å². The van der Waals surface area contributed by atoms with Crippen LogP contribution in [0, 0.1) is 0 Å². The van der Waals surface area contributed by atoms with Crippen molar-refractivity contribution in [3.05, 3.63) is 64.1 Å². The molecule has 19 heavy (non-hydrogen) atoms. The van der Waals surface area contributed by atoms with Crippen molar-refractivity contribution in [3.8, 4) is 5.69 Å². The first kappa shape index (κ1) is 12.6. The van der Waals surface area contributed by atoms with Gasteiger partial charge in [0.1, 0.15) is 0 Å². The lowest BCUT2D eigenvalue weighted by Gasteiger charge is -2.09. The van der Waals surface area contributed by atoms with Crippen LogP contribution in [-0.4, -0.2) is 21.6 Å². The molecule has 0 aliphatic heterocycles. The van der Waals surface area contributed by atoms with Crippen LogP contribution >= 0.6 is 0 Å². The van der Waals surface area contributed by atoms with E-state index in [9.17, 15) is 14.4 Å². The Morgan fingerprint density at radius 1 is 1.16 bits per heavy atom. The van der Waals surface area contributed by atoms with Crippen LogP contribution in [0.15, 0.2) is 47.4 Å². The highest BCUT2D eigenvalue weighted by Crippen LogP contribution is 2.15. The second-order valence-electron chi connectivity index (χ2n) is 3.81. The number of carboxylic acid groups (broad SMARTS) is 1. The molecule has 0 radical (unpaired) electrons. The van der Waals surface area contributed by atoms with Gasteiger partial charge in [-0.15, -0.1) is 0 Å². The van der Waals surface area contributed by atoms with Crippen LogP contribution in [0.2, 0.25) is 0 Å². The van der Waals surface area contributed by atoms with Crippen molar-refractivity contribution < 1.29 is 14.7 Å². The maximum atomic E-state index is 11.7. The van der Waals surface area contributed by atoms with Crippen molar-refractivity contribution in [1.29, 1.82) is 0 Å². The zero-order valence-electron chi connectivity index (χ0n) is 9.74. The third-order valence-corrected chi connectivity index (χ3v) is 2.59. The number of aromatic nitrogens is 1. The minimum Gasteiger partial charge on any atom is -0.478 e. The quantitative estimate of drug-likeness (QED) is 0.842. The Morgan fingerprint density at radius 3 is 2.47 bits per heavy atom. The van der Waals surface area contributed by atoms with E-state index in [0.29, 0.717) is 0 Å². The molecular formula is C13H10N2O4. The van der Waals surface area contributed by atoms with E-state index in [1.54, 1.807) is 12.1 Å². The van der Waals surface area contributed by atoms with Gasteiger partial charge in [0.05, 0.1) is 11.3 Å². The van der Waals surface area contributed by atoms with Gasteiger partial charge in [0.15, 0.2) is 0 Å². The van der Waals surface area contributed by atoms with E-state index in [1.807, 2.05) is 0 Å². The molecule has 1 aromatic carbocycles. The zero-order chi connectivity index (χ0) is 14.0. The van der Waals surface area contributed by atoms with E-state index >= 15 is 0 Å². The number of hydrogen-bond acceptors (Lipinski definition) is 3. The molecule has 6 nitrogen and oxygen atoms in total. The first-order valence-electron chi connectivity index (χ1n) is 5.36. The van der Waals surface area contributed by atoms with Crippen molar-refractivity contribution in [2.75, 3.05) is 0 Å². The van der Waals surface area contributed by atoms with Gasteiger partial charge in [0, 0.05) is 17.8 Å². The number of pyridine rings is 1. The molecule has 96 valence electrons. The molecule has 0 unspecified atom stereocenters. The standard InChI is InChI=1S/C13H10N2O4/c14-12(17)8-4-5-10(9(7-8)13(18)19)15-6-2-1-3-11(15)16/h1-7H,(H2,14,17)(H,18,19). The summed E-state index contributed by atoms with van der Waals surface area (Å²) in [6, 6.07) is 8.38. The number of amides is 1. The lowest BCUT2D eigenvalue weighted by molar-refractivity contribution is 0.0697. The molecule has 6 heteroatoms. The lowest BCUT2D eigenvalue weighted by atomic mass is 10.1. The van der Waals surface area contributed by atoms with E-state index < -0.39 is 11.9 Å². The first-order valence-corrected chi connectivity index (χ1v) is 5.36. The molecule has 0 spiro atoms. The predicted molar refractivity (Wildman–Crippen MR) is 67.5 cm³/mol. The molecule has 0 saturated heterocycles. The molecule has 2 aromatic rings. The van der Waals surface area contributed by atoms with Crippen molar-refractivity contribution in [2.45, 2.75) is 0 Å². The third kappa shape index (κ3) is 2.37. The molecular weight excluding hydrogens is 248 g/mol. The van der Waals surface area contributed by atoms with Crippen molar-refractivity contribution >= 4 is 11.9 Å². The molecule has 3 N–H and O–H groups in total. The van der Waals surface area contributed by atoms with Crippen molar-refractivity contribution in [1.82, 2.24) is 4.57 Å². The normalized spacial score (nSPS) is 10.1. The summed E-state index contributed by atoms with van der Waals surface area (Å²) in [6.07, 6.45) is 1.45. The molecule has 0 fully saturated rings. The van der Waals surface area contributed by atoms with Gasteiger partial charge in [0.25, 0.3) is 5.56 Å². The number of rotatable bonds is 3. The summed E-state index contributed by atoms with van der Waals surface area (Å²) in [5, 5.41) is 9.16. The average Bonchev–Trinajstić information content (AvgIpc) is 2.38.